The lowest BCUT2D eigenvalue weighted by Crippen LogP contribution is -2.31. The van der Waals surface area contributed by atoms with Gasteiger partial charge in [-0.05, 0) is 39.2 Å². The van der Waals surface area contributed by atoms with Gasteiger partial charge < -0.3 is 15.5 Å². The molecule has 18 heavy (non-hydrogen) atoms. The van der Waals surface area contributed by atoms with E-state index in [0.717, 1.165) is 25.2 Å². The van der Waals surface area contributed by atoms with E-state index in [2.05, 4.69) is 9.88 Å². The molecule has 0 saturated heterocycles. The van der Waals surface area contributed by atoms with Gasteiger partial charge in [0.15, 0.2) is 0 Å². The number of anilines is 1. The maximum Gasteiger partial charge on any atom is 0.228 e. The first-order chi connectivity index (χ1) is 8.49. The zero-order valence-electron chi connectivity index (χ0n) is 11.4. The minimum absolute atomic E-state index is 0.0889. The summed E-state index contributed by atoms with van der Waals surface area (Å²) in [6.07, 6.45) is 2.89. The van der Waals surface area contributed by atoms with Crippen LogP contribution < -0.4 is 5.73 Å². The fourth-order valence-corrected chi connectivity index (χ4v) is 1.58. The number of aromatic nitrogens is 1. The Hall–Kier alpha value is -1.62. The van der Waals surface area contributed by atoms with Crippen molar-refractivity contribution in [3.05, 3.63) is 24.0 Å². The molecule has 1 heterocycles. The van der Waals surface area contributed by atoms with Crippen molar-refractivity contribution in [2.75, 3.05) is 40.0 Å². The second kappa shape index (κ2) is 6.96. The first kappa shape index (κ1) is 14.4. The van der Waals surface area contributed by atoms with E-state index in [0.29, 0.717) is 12.1 Å². The smallest absolute Gasteiger partial charge is 0.228 e. The Morgan fingerprint density at radius 2 is 2.00 bits per heavy atom. The van der Waals surface area contributed by atoms with Crippen molar-refractivity contribution in [1.82, 2.24) is 14.8 Å². The van der Waals surface area contributed by atoms with Gasteiger partial charge in [0, 0.05) is 19.3 Å². The molecule has 1 amide bonds. The molecule has 0 atom stereocenters. The Morgan fingerprint density at radius 3 is 2.56 bits per heavy atom. The highest BCUT2D eigenvalue weighted by molar-refractivity contribution is 5.78. The Morgan fingerprint density at radius 1 is 1.28 bits per heavy atom. The van der Waals surface area contributed by atoms with Gasteiger partial charge in [-0.25, -0.2) is 0 Å². The number of carbonyl (C=O) groups is 1. The normalized spacial score (nSPS) is 10.7. The summed E-state index contributed by atoms with van der Waals surface area (Å²) >= 11 is 0. The Kier molecular flexibility index (Phi) is 5.58. The summed E-state index contributed by atoms with van der Waals surface area (Å²) in [6, 6.07) is 3.56. The van der Waals surface area contributed by atoms with Gasteiger partial charge in [0.25, 0.3) is 0 Å². The zero-order valence-corrected chi connectivity index (χ0v) is 11.4. The third kappa shape index (κ3) is 5.14. The number of likely N-dealkylation sites (N-methyl/N-ethyl adjacent to an activating group) is 1. The SMILES string of the molecule is CN(C)CCCN(C)C(=O)Cc1ccc(N)cn1. The lowest BCUT2D eigenvalue weighted by molar-refractivity contribution is -0.129. The van der Waals surface area contributed by atoms with Crippen LogP contribution in [0.5, 0.6) is 0 Å². The van der Waals surface area contributed by atoms with E-state index in [4.69, 9.17) is 5.73 Å². The van der Waals surface area contributed by atoms with Crippen molar-refractivity contribution < 1.29 is 4.79 Å². The summed E-state index contributed by atoms with van der Waals surface area (Å²) in [5.41, 5.74) is 6.92. The molecule has 5 nitrogen and oxygen atoms in total. The highest BCUT2D eigenvalue weighted by Crippen LogP contribution is 2.03. The molecule has 0 aliphatic rings. The number of nitrogen functional groups attached to an aromatic ring is 1. The molecule has 1 aromatic heterocycles. The van der Waals surface area contributed by atoms with E-state index < -0.39 is 0 Å². The third-order valence-electron chi connectivity index (χ3n) is 2.70. The lowest BCUT2D eigenvalue weighted by Gasteiger charge is -2.18. The first-order valence-electron chi connectivity index (χ1n) is 6.08. The first-order valence-corrected chi connectivity index (χ1v) is 6.08. The average Bonchev–Trinajstić information content (AvgIpc) is 2.31. The van der Waals surface area contributed by atoms with E-state index in [9.17, 15) is 4.79 Å². The molecule has 100 valence electrons. The molecule has 0 bridgehead atoms. The average molecular weight is 250 g/mol. The van der Waals surface area contributed by atoms with Crippen molar-refractivity contribution in [3.63, 3.8) is 0 Å². The van der Waals surface area contributed by atoms with E-state index >= 15 is 0 Å². The van der Waals surface area contributed by atoms with Crippen molar-refractivity contribution in [3.8, 4) is 0 Å². The Balaban J connectivity index is 2.37. The largest absolute Gasteiger partial charge is 0.397 e. The number of pyridine rings is 1. The maximum absolute atomic E-state index is 11.9. The van der Waals surface area contributed by atoms with E-state index in [1.807, 2.05) is 21.1 Å². The topological polar surface area (TPSA) is 62.5 Å². The summed E-state index contributed by atoms with van der Waals surface area (Å²) in [6.45, 7) is 1.75. The summed E-state index contributed by atoms with van der Waals surface area (Å²) in [5, 5.41) is 0. The van der Waals surface area contributed by atoms with Crippen molar-refractivity contribution >= 4 is 11.6 Å². The highest BCUT2D eigenvalue weighted by Gasteiger charge is 2.10. The van der Waals surface area contributed by atoms with E-state index in [1.54, 1.807) is 23.2 Å². The van der Waals surface area contributed by atoms with E-state index in [-0.39, 0.29) is 5.91 Å². The van der Waals surface area contributed by atoms with Crippen molar-refractivity contribution in [2.45, 2.75) is 12.8 Å². The quantitative estimate of drug-likeness (QED) is 0.804. The van der Waals surface area contributed by atoms with Crippen LogP contribution in [0.3, 0.4) is 0 Å². The summed E-state index contributed by atoms with van der Waals surface area (Å²) in [7, 11) is 5.88. The molecule has 0 radical (unpaired) electrons. The van der Waals surface area contributed by atoms with Gasteiger partial charge in [-0.2, -0.15) is 0 Å². The maximum atomic E-state index is 11.9. The van der Waals surface area contributed by atoms with Crippen LogP contribution in [-0.4, -0.2) is 54.9 Å². The van der Waals surface area contributed by atoms with Gasteiger partial charge >= 0.3 is 0 Å². The summed E-state index contributed by atoms with van der Waals surface area (Å²) < 4.78 is 0. The number of amides is 1. The van der Waals surface area contributed by atoms with Crippen LogP contribution in [0.4, 0.5) is 5.69 Å². The lowest BCUT2D eigenvalue weighted by atomic mass is 10.2. The molecule has 0 aliphatic carbocycles. The number of nitrogens with zero attached hydrogens (tertiary/aromatic N) is 3. The molecule has 1 aromatic rings. The number of hydrogen-bond donors (Lipinski definition) is 1. The summed E-state index contributed by atoms with van der Waals surface area (Å²) in [4.78, 5) is 19.9. The molecule has 2 N–H and O–H groups in total. The fourth-order valence-electron chi connectivity index (χ4n) is 1.58. The number of carbonyl (C=O) groups excluding carboxylic acids is 1. The van der Waals surface area contributed by atoms with Gasteiger partial charge in [0.1, 0.15) is 0 Å². The van der Waals surface area contributed by atoms with Crippen LogP contribution in [0, 0.1) is 0 Å². The highest BCUT2D eigenvalue weighted by atomic mass is 16.2. The second-order valence-electron chi connectivity index (χ2n) is 4.73. The van der Waals surface area contributed by atoms with Gasteiger partial charge in [0.2, 0.25) is 5.91 Å². The predicted molar refractivity (Wildman–Crippen MR) is 73.2 cm³/mol. The van der Waals surface area contributed by atoms with Crippen LogP contribution in [0.25, 0.3) is 0 Å². The second-order valence-corrected chi connectivity index (χ2v) is 4.73. The number of rotatable bonds is 6. The molecular formula is C13H22N4O. The molecule has 5 heteroatoms. The molecule has 0 spiro atoms. The minimum Gasteiger partial charge on any atom is -0.397 e. The molecule has 1 rings (SSSR count). The van der Waals surface area contributed by atoms with Gasteiger partial charge in [0.05, 0.1) is 18.3 Å². The monoisotopic (exact) mass is 250 g/mol. The Bertz CT molecular complexity index is 375. The van der Waals surface area contributed by atoms with Crippen LogP contribution in [0.15, 0.2) is 18.3 Å². The predicted octanol–water partition coefficient (Wildman–Crippen LogP) is 0.616. The van der Waals surface area contributed by atoms with Gasteiger partial charge in [-0.1, -0.05) is 0 Å². The van der Waals surface area contributed by atoms with Gasteiger partial charge in [-0.15, -0.1) is 0 Å². The molecular weight excluding hydrogens is 228 g/mol. The number of nitrogens with two attached hydrogens (primary N) is 1. The van der Waals surface area contributed by atoms with Gasteiger partial charge in [-0.3, -0.25) is 9.78 Å². The Labute approximate surface area is 109 Å². The van der Waals surface area contributed by atoms with Crippen LogP contribution in [0.2, 0.25) is 0 Å². The zero-order chi connectivity index (χ0) is 13.5. The van der Waals surface area contributed by atoms with Crippen LogP contribution in [0.1, 0.15) is 12.1 Å². The molecule has 0 aliphatic heterocycles. The molecule has 0 unspecified atom stereocenters. The van der Waals surface area contributed by atoms with Crippen molar-refractivity contribution in [1.29, 1.82) is 0 Å². The number of hydrogen-bond acceptors (Lipinski definition) is 4. The summed E-state index contributed by atoms with van der Waals surface area (Å²) in [5.74, 6) is 0.0889. The minimum atomic E-state index is 0.0889. The molecule has 0 saturated carbocycles. The van der Waals surface area contributed by atoms with Crippen LogP contribution in [-0.2, 0) is 11.2 Å². The van der Waals surface area contributed by atoms with Crippen LogP contribution >= 0.6 is 0 Å². The standard InChI is InChI=1S/C13H22N4O/c1-16(2)7-4-8-17(3)13(18)9-12-6-5-11(14)10-15-12/h5-6,10H,4,7-9,14H2,1-3H3. The fraction of sp³-hybridized carbons (Fsp3) is 0.538. The third-order valence-corrected chi connectivity index (χ3v) is 2.70. The molecule has 0 fully saturated rings. The molecule has 0 aromatic carbocycles. The van der Waals surface area contributed by atoms with Crippen molar-refractivity contribution in [2.24, 2.45) is 0 Å². The van der Waals surface area contributed by atoms with E-state index in [1.165, 1.54) is 0 Å².